The van der Waals surface area contributed by atoms with Crippen LogP contribution in [0.2, 0.25) is 0 Å². The molecule has 62 valence electrons. The Hall–Kier alpha value is -0.550. The van der Waals surface area contributed by atoms with Gasteiger partial charge >= 0.3 is 0 Å². The van der Waals surface area contributed by atoms with E-state index < -0.39 is 0 Å². The second kappa shape index (κ2) is 3.73. The fourth-order valence-corrected chi connectivity index (χ4v) is 1.82. The van der Waals surface area contributed by atoms with Gasteiger partial charge in [0.2, 0.25) is 0 Å². The summed E-state index contributed by atoms with van der Waals surface area (Å²) in [6.45, 7) is 3.61. The summed E-state index contributed by atoms with van der Waals surface area (Å²) in [6.07, 6.45) is 4.81. The standard InChI is InChI=1S/C9H17N2/c1-11(9-5-6-10)7-3-2-4-8-11/h2-5,7-9H2,1H3/q+1. The molecule has 1 saturated heterocycles. The van der Waals surface area contributed by atoms with E-state index in [2.05, 4.69) is 13.1 Å². The molecule has 0 aliphatic carbocycles. The Bertz CT molecular complexity index is 151. The Balaban J connectivity index is 2.32. The van der Waals surface area contributed by atoms with Gasteiger partial charge in [-0.1, -0.05) is 0 Å². The number of hydrogen-bond acceptors (Lipinski definition) is 1. The Morgan fingerprint density at radius 3 is 2.45 bits per heavy atom. The topological polar surface area (TPSA) is 23.8 Å². The van der Waals surface area contributed by atoms with Crippen LogP contribution in [0.4, 0.5) is 0 Å². The third-order valence-electron chi connectivity index (χ3n) is 2.66. The number of piperidine rings is 1. The second-order valence-electron chi connectivity index (χ2n) is 3.76. The van der Waals surface area contributed by atoms with Gasteiger partial charge < -0.3 is 4.48 Å². The minimum absolute atomic E-state index is 0.719. The average molecular weight is 153 g/mol. The van der Waals surface area contributed by atoms with Gasteiger partial charge in [-0.2, -0.15) is 5.26 Å². The first-order chi connectivity index (χ1) is 5.27. The summed E-state index contributed by atoms with van der Waals surface area (Å²) < 4.78 is 1.13. The molecule has 2 nitrogen and oxygen atoms in total. The minimum Gasteiger partial charge on any atom is -0.325 e. The molecule has 0 N–H and O–H groups in total. The third kappa shape index (κ3) is 2.51. The molecule has 0 aromatic heterocycles. The fourth-order valence-electron chi connectivity index (χ4n) is 1.82. The highest BCUT2D eigenvalue weighted by Crippen LogP contribution is 2.15. The molecule has 0 saturated carbocycles. The van der Waals surface area contributed by atoms with Crippen molar-refractivity contribution in [3.63, 3.8) is 0 Å². The first-order valence-corrected chi connectivity index (χ1v) is 4.47. The zero-order valence-electron chi connectivity index (χ0n) is 7.34. The van der Waals surface area contributed by atoms with E-state index in [-0.39, 0.29) is 0 Å². The maximum Gasteiger partial charge on any atom is 0.0916 e. The fraction of sp³-hybridized carbons (Fsp3) is 0.889. The lowest BCUT2D eigenvalue weighted by molar-refractivity contribution is -0.913. The van der Waals surface area contributed by atoms with Crippen molar-refractivity contribution >= 4 is 0 Å². The lowest BCUT2D eigenvalue weighted by Gasteiger charge is -2.37. The average Bonchev–Trinajstić information content (AvgIpc) is 2.03. The molecule has 1 fully saturated rings. The van der Waals surface area contributed by atoms with E-state index in [1.807, 2.05) is 0 Å². The monoisotopic (exact) mass is 153 g/mol. The van der Waals surface area contributed by atoms with Crippen molar-refractivity contribution in [3.05, 3.63) is 0 Å². The minimum atomic E-state index is 0.719. The number of nitrogens with zero attached hydrogens (tertiary/aromatic N) is 2. The van der Waals surface area contributed by atoms with Gasteiger partial charge in [-0.15, -0.1) is 0 Å². The van der Waals surface area contributed by atoms with Crippen LogP contribution in [0.3, 0.4) is 0 Å². The van der Waals surface area contributed by atoms with Gasteiger partial charge in [0.25, 0.3) is 0 Å². The van der Waals surface area contributed by atoms with Gasteiger partial charge in [-0.05, 0) is 19.3 Å². The van der Waals surface area contributed by atoms with Gasteiger partial charge in [0, 0.05) is 0 Å². The zero-order chi connectivity index (χ0) is 8.16. The maximum atomic E-state index is 8.45. The van der Waals surface area contributed by atoms with E-state index in [0.29, 0.717) is 0 Å². The van der Waals surface area contributed by atoms with Gasteiger partial charge in [-0.3, -0.25) is 0 Å². The van der Waals surface area contributed by atoms with Crippen LogP contribution in [0.1, 0.15) is 25.7 Å². The van der Waals surface area contributed by atoms with Crippen molar-refractivity contribution in [2.45, 2.75) is 25.7 Å². The van der Waals surface area contributed by atoms with Crippen molar-refractivity contribution in [1.82, 2.24) is 0 Å². The molecule has 0 atom stereocenters. The highest BCUT2D eigenvalue weighted by molar-refractivity contribution is 4.68. The molecule has 0 unspecified atom stereocenters. The van der Waals surface area contributed by atoms with Crippen LogP contribution in [-0.2, 0) is 0 Å². The number of hydrogen-bond donors (Lipinski definition) is 0. The molecule has 1 rings (SSSR count). The summed E-state index contributed by atoms with van der Waals surface area (Å²) in [4.78, 5) is 0. The van der Waals surface area contributed by atoms with E-state index in [0.717, 1.165) is 17.4 Å². The summed E-state index contributed by atoms with van der Waals surface area (Å²) in [5.74, 6) is 0. The van der Waals surface area contributed by atoms with Crippen LogP contribution in [0.5, 0.6) is 0 Å². The van der Waals surface area contributed by atoms with Crippen molar-refractivity contribution < 1.29 is 4.48 Å². The Labute approximate surface area is 69.0 Å². The first-order valence-electron chi connectivity index (χ1n) is 4.47. The largest absolute Gasteiger partial charge is 0.325 e. The molecule has 0 bridgehead atoms. The van der Waals surface area contributed by atoms with Crippen molar-refractivity contribution in [1.29, 1.82) is 5.26 Å². The normalized spacial score (nSPS) is 22.5. The predicted molar refractivity (Wildman–Crippen MR) is 44.9 cm³/mol. The zero-order valence-corrected chi connectivity index (χ0v) is 7.34. The van der Waals surface area contributed by atoms with E-state index in [4.69, 9.17) is 5.26 Å². The number of quaternary nitrogens is 1. The van der Waals surface area contributed by atoms with Crippen LogP contribution in [-0.4, -0.2) is 31.2 Å². The molecule has 0 radical (unpaired) electrons. The second-order valence-corrected chi connectivity index (χ2v) is 3.76. The Morgan fingerprint density at radius 1 is 1.27 bits per heavy atom. The predicted octanol–water partition coefficient (Wildman–Crippen LogP) is 1.53. The Morgan fingerprint density at radius 2 is 1.91 bits per heavy atom. The molecular weight excluding hydrogens is 136 g/mol. The lowest BCUT2D eigenvalue weighted by Crippen LogP contribution is -2.48. The van der Waals surface area contributed by atoms with Crippen LogP contribution >= 0.6 is 0 Å². The molecule has 0 aromatic rings. The van der Waals surface area contributed by atoms with Crippen molar-refractivity contribution in [2.24, 2.45) is 0 Å². The van der Waals surface area contributed by atoms with E-state index in [1.54, 1.807) is 0 Å². The van der Waals surface area contributed by atoms with Crippen LogP contribution in [0.25, 0.3) is 0 Å². The van der Waals surface area contributed by atoms with Crippen molar-refractivity contribution in [2.75, 3.05) is 26.7 Å². The summed E-state index contributed by atoms with van der Waals surface area (Å²) in [5, 5.41) is 8.45. The van der Waals surface area contributed by atoms with Crippen molar-refractivity contribution in [3.8, 4) is 6.07 Å². The van der Waals surface area contributed by atoms with Gasteiger partial charge in [0.15, 0.2) is 0 Å². The quantitative estimate of drug-likeness (QED) is 0.552. The molecule has 1 aliphatic heterocycles. The number of rotatable bonds is 2. The van der Waals surface area contributed by atoms with E-state index >= 15 is 0 Å². The molecule has 0 amide bonds. The van der Waals surface area contributed by atoms with Crippen LogP contribution < -0.4 is 0 Å². The highest BCUT2D eigenvalue weighted by atomic mass is 15.3. The summed E-state index contributed by atoms with van der Waals surface area (Å²) in [7, 11) is 2.27. The molecule has 1 heterocycles. The van der Waals surface area contributed by atoms with E-state index in [9.17, 15) is 0 Å². The third-order valence-corrected chi connectivity index (χ3v) is 2.66. The van der Waals surface area contributed by atoms with Gasteiger partial charge in [-0.25, -0.2) is 0 Å². The summed E-state index contributed by atoms with van der Waals surface area (Å²) in [5.41, 5.74) is 0. The molecule has 1 aliphatic rings. The Kier molecular flexibility index (Phi) is 2.90. The lowest BCUT2D eigenvalue weighted by atomic mass is 10.1. The molecule has 0 aromatic carbocycles. The smallest absolute Gasteiger partial charge is 0.0916 e. The summed E-state index contributed by atoms with van der Waals surface area (Å²) in [6, 6.07) is 2.22. The molecule has 11 heavy (non-hydrogen) atoms. The first kappa shape index (κ1) is 8.55. The maximum absolute atomic E-state index is 8.45. The van der Waals surface area contributed by atoms with E-state index in [1.165, 1.54) is 32.4 Å². The molecule has 0 spiro atoms. The number of nitriles is 1. The SMILES string of the molecule is C[N+]1(CCC#N)CCCCC1. The van der Waals surface area contributed by atoms with Crippen LogP contribution in [0.15, 0.2) is 0 Å². The van der Waals surface area contributed by atoms with Gasteiger partial charge in [0.1, 0.15) is 0 Å². The highest BCUT2D eigenvalue weighted by Gasteiger charge is 2.23. The van der Waals surface area contributed by atoms with Gasteiger partial charge in [0.05, 0.1) is 39.2 Å². The summed E-state index contributed by atoms with van der Waals surface area (Å²) >= 11 is 0. The molecule has 2 heteroatoms. The van der Waals surface area contributed by atoms with Crippen LogP contribution in [0, 0.1) is 11.3 Å². The molecular formula is C9H17N2+. The number of likely N-dealkylation sites (tertiary alicyclic amines) is 1.